The molecule has 2 rings (SSSR count). The van der Waals surface area contributed by atoms with E-state index >= 15 is 0 Å². The van der Waals surface area contributed by atoms with Gasteiger partial charge in [0.05, 0.1) is 6.10 Å². The standard InChI is InChI=1S/C14H28N2O/c1(4-13-5-2-9-16-12-13)8-15-10-7-14-6-3-11-17-14/h13-16H,1-12H2. The number of hydrogen-bond donors (Lipinski definition) is 2. The average molecular weight is 240 g/mol. The summed E-state index contributed by atoms with van der Waals surface area (Å²) in [5.74, 6) is 0.934. The molecule has 0 radical (unpaired) electrons. The monoisotopic (exact) mass is 240 g/mol. The summed E-state index contributed by atoms with van der Waals surface area (Å²) < 4.78 is 5.61. The van der Waals surface area contributed by atoms with Crippen LogP contribution in [0, 0.1) is 5.92 Å². The lowest BCUT2D eigenvalue weighted by Gasteiger charge is -2.22. The van der Waals surface area contributed by atoms with E-state index in [1.54, 1.807) is 0 Å². The highest BCUT2D eigenvalue weighted by molar-refractivity contribution is 4.70. The first-order valence-electron chi connectivity index (χ1n) is 7.48. The fourth-order valence-corrected chi connectivity index (χ4v) is 2.95. The van der Waals surface area contributed by atoms with E-state index in [1.165, 1.54) is 64.6 Å². The van der Waals surface area contributed by atoms with Crippen molar-refractivity contribution in [2.24, 2.45) is 5.92 Å². The molecule has 2 saturated heterocycles. The van der Waals surface area contributed by atoms with Crippen LogP contribution in [-0.4, -0.2) is 38.9 Å². The molecule has 0 saturated carbocycles. The highest BCUT2D eigenvalue weighted by Crippen LogP contribution is 2.16. The Morgan fingerprint density at radius 2 is 2.12 bits per heavy atom. The van der Waals surface area contributed by atoms with Crippen molar-refractivity contribution in [3.63, 3.8) is 0 Å². The molecule has 0 spiro atoms. The number of rotatable bonds is 7. The normalized spacial score (nSPS) is 29.6. The Labute approximate surface area is 106 Å². The maximum absolute atomic E-state index is 5.61. The summed E-state index contributed by atoms with van der Waals surface area (Å²) in [6.45, 7) is 5.78. The minimum Gasteiger partial charge on any atom is -0.378 e. The van der Waals surface area contributed by atoms with Gasteiger partial charge in [0.25, 0.3) is 0 Å². The van der Waals surface area contributed by atoms with Gasteiger partial charge in [0.15, 0.2) is 0 Å². The summed E-state index contributed by atoms with van der Waals surface area (Å²) >= 11 is 0. The topological polar surface area (TPSA) is 33.3 Å². The summed E-state index contributed by atoms with van der Waals surface area (Å²) in [5.41, 5.74) is 0. The Balaban J connectivity index is 1.38. The molecule has 2 N–H and O–H groups in total. The van der Waals surface area contributed by atoms with E-state index in [9.17, 15) is 0 Å². The smallest absolute Gasteiger partial charge is 0.0588 e. The minimum atomic E-state index is 0.546. The summed E-state index contributed by atoms with van der Waals surface area (Å²) in [5, 5.41) is 7.04. The molecule has 0 aromatic heterocycles. The second kappa shape index (κ2) is 8.06. The van der Waals surface area contributed by atoms with E-state index in [-0.39, 0.29) is 0 Å². The molecular weight excluding hydrogens is 212 g/mol. The minimum absolute atomic E-state index is 0.546. The van der Waals surface area contributed by atoms with Gasteiger partial charge in [-0.2, -0.15) is 0 Å². The maximum Gasteiger partial charge on any atom is 0.0588 e. The third kappa shape index (κ3) is 5.36. The molecule has 2 aliphatic rings. The zero-order valence-corrected chi connectivity index (χ0v) is 11.0. The summed E-state index contributed by atoms with van der Waals surface area (Å²) in [4.78, 5) is 0. The number of piperidine rings is 1. The van der Waals surface area contributed by atoms with E-state index in [0.717, 1.165) is 19.1 Å². The van der Waals surface area contributed by atoms with Crippen LogP contribution in [0.15, 0.2) is 0 Å². The van der Waals surface area contributed by atoms with Gasteiger partial charge < -0.3 is 15.4 Å². The van der Waals surface area contributed by atoms with Gasteiger partial charge in [0, 0.05) is 6.61 Å². The molecule has 3 heteroatoms. The largest absolute Gasteiger partial charge is 0.378 e. The number of hydrogen-bond acceptors (Lipinski definition) is 3. The lowest BCUT2D eigenvalue weighted by Crippen LogP contribution is -2.30. The maximum atomic E-state index is 5.61. The molecule has 0 aromatic carbocycles. The van der Waals surface area contributed by atoms with Crippen molar-refractivity contribution in [2.75, 3.05) is 32.8 Å². The van der Waals surface area contributed by atoms with Crippen molar-refractivity contribution in [3.8, 4) is 0 Å². The van der Waals surface area contributed by atoms with Gasteiger partial charge in [0.1, 0.15) is 0 Å². The molecule has 2 heterocycles. The van der Waals surface area contributed by atoms with Gasteiger partial charge in [0.2, 0.25) is 0 Å². The van der Waals surface area contributed by atoms with Crippen molar-refractivity contribution in [1.82, 2.24) is 10.6 Å². The Kier molecular flexibility index (Phi) is 6.32. The zero-order chi connectivity index (χ0) is 11.8. The lowest BCUT2D eigenvalue weighted by atomic mass is 9.95. The number of ether oxygens (including phenoxy) is 1. The molecule has 2 fully saturated rings. The lowest BCUT2D eigenvalue weighted by molar-refractivity contribution is 0.104. The third-order valence-electron chi connectivity index (χ3n) is 4.03. The first-order chi connectivity index (χ1) is 8.45. The van der Waals surface area contributed by atoms with Gasteiger partial charge in [-0.05, 0) is 77.0 Å². The van der Waals surface area contributed by atoms with Crippen LogP contribution < -0.4 is 10.6 Å². The first kappa shape index (κ1) is 13.3. The van der Waals surface area contributed by atoms with Crippen molar-refractivity contribution < 1.29 is 4.74 Å². The molecule has 3 nitrogen and oxygen atoms in total. The predicted molar refractivity (Wildman–Crippen MR) is 71.3 cm³/mol. The van der Waals surface area contributed by atoms with E-state index in [4.69, 9.17) is 4.74 Å². The molecule has 0 amide bonds. The summed E-state index contributed by atoms with van der Waals surface area (Å²) in [6.07, 6.45) is 9.81. The van der Waals surface area contributed by atoms with Crippen LogP contribution in [0.4, 0.5) is 0 Å². The quantitative estimate of drug-likeness (QED) is 0.667. The van der Waals surface area contributed by atoms with Crippen LogP contribution in [0.3, 0.4) is 0 Å². The van der Waals surface area contributed by atoms with Crippen molar-refractivity contribution in [1.29, 1.82) is 0 Å². The fraction of sp³-hybridized carbons (Fsp3) is 1.00. The molecule has 0 aromatic rings. The van der Waals surface area contributed by atoms with Gasteiger partial charge in [-0.15, -0.1) is 0 Å². The fourth-order valence-electron chi connectivity index (χ4n) is 2.95. The molecule has 2 aliphatic heterocycles. The molecule has 0 bridgehead atoms. The third-order valence-corrected chi connectivity index (χ3v) is 4.03. The Morgan fingerprint density at radius 3 is 2.88 bits per heavy atom. The van der Waals surface area contributed by atoms with E-state index in [1.807, 2.05) is 0 Å². The Hall–Kier alpha value is -0.120. The van der Waals surface area contributed by atoms with Crippen LogP contribution in [0.1, 0.15) is 44.9 Å². The van der Waals surface area contributed by atoms with E-state index in [0.29, 0.717) is 6.10 Å². The molecule has 2 atom stereocenters. The molecule has 100 valence electrons. The number of nitrogens with one attached hydrogen (secondary N) is 2. The van der Waals surface area contributed by atoms with Gasteiger partial charge in [-0.25, -0.2) is 0 Å². The van der Waals surface area contributed by atoms with Crippen molar-refractivity contribution in [2.45, 2.75) is 51.0 Å². The van der Waals surface area contributed by atoms with Gasteiger partial charge >= 0.3 is 0 Å². The first-order valence-corrected chi connectivity index (χ1v) is 7.48. The van der Waals surface area contributed by atoms with Gasteiger partial charge in [-0.1, -0.05) is 0 Å². The molecule has 0 aliphatic carbocycles. The highest BCUT2D eigenvalue weighted by Gasteiger charge is 2.14. The van der Waals surface area contributed by atoms with E-state index in [2.05, 4.69) is 10.6 Å². The zero-order valence-electron chi connectivity index (χ0n) is 11.0. The van der Waals surface area contributed by atoms with Crippen molar-refractivity contribution in [3.05, 3.63) is 0 Å². The van der Waals surface area contributed by atoms with Crippen molar-refractivity contribution >= 4 is 0 Å². The van der Waals surface area contributed by atoms with Crippen LogP contribution in [0.2, 0.25) is 0 Å². The van der Waals surface area contributed by atoms with E-state index < -0.39 is 0 Å². The SMILES string of the molecule is C(CNCCC1CCCO1)CC1CCCNC1. The Bertz CT molecular complexity index is 187. The van der Waals surface area contributed by atoms with Crippen LogP contribution in [0.25, 0.3) is 0 Å². The van der Waals surface area contributed by atoms with Crippen LogP contribution in [0.5, 0.6) is 0 Å². The molecule has 17 heavy (non-hydrogen) atoms. The highest BCUT2D eigenvalue weighted by atomic mass is 16.5. The second-order valence-electron chi connectivity index (χ2n) is 5.53. The molecule has 2 unspecified atom stereocenters. The molecular formula is C14H28N2O. The Morgan fingerprint density at radius 1 is 1.12 bits per heavy atom. The van der Waals surface area contributed by atoms with Gasteiger partial charge in [-0.3, -0.25) is 0 Å². The summed E-state index contributed by atoms with van der Waals surface area (Å²) in [6, 6.07) is 0. The van der Waals surface area contributed by atoms with Crippen LogP contribution in [-0.2, 0) is 4.74 Å². The summed E-state index contributed by atoms with van der Waals surface area (Å²) in [7, 11) is 0. The van der Waals surface area contributed by atoms with Crippen LogP contribution >= 0.6 is 0 Å². The average Bonchev–Trinajstić information content (AvgIpc) is 2.88. The predicted octanol–water partition coefficient (Wildman–Crippen LogP) is 1.92. The second-order valence-corrected chi connectivity index (χ2v) is 5.53.